The summed E-state index contributed by atoms with van der Waals surface area (Å²) in [6.45, 7) is 0. The normalized spacial score (nSPS) is 16.5. The van der Waals surface area contributed by atoms with E-state index in [9.17, 15) is 0 Å². The van der Waals surface area contributed by atoms with Crippen molar-refractivity contribution >= 4 is 32.8 Å². The molecule has 3 aromatic carbocycles. The molecule has 1 aliphatic rings. The second kappa shape index (κ2) is 5.22. The predicted octanol–water partition coefficient (Wildman–Crippen LogP) is 5.50. The molecule has 0 aliphatic heterocycles. The smallest absolute Gasteiger partial charge is 0.0538 e. The van der Waals surface area contributed by atoms with Gasteiger partial charge in [0.05, 0.1) is 11.0 Å². The van der Waals surface area contributed by atoms with Crippen molar-refractivity contribution in [1.82, 2.24) is 4.40 Å². The molecule has 124 valence electrons. The highest BCUT2D eigenvalue weighted by atomic mass is 14.9. The van der Waals surface area contributed by atoms with Crippen LogP contribution in [0.25, 0.3) is 32.8 Å². The fourth-order valence-electron chi connectivity index (χ4n) is 4.86. The summed E-state index contributed by atoms with van der Waals surface area (Å²) in [5, 5.41) is 5.55. The third-order valence-corrected chi connectivity index (χ3v) is 5.93. The van der Waals surface area contributed by atoms with E-state index in [0.717, 1.165) is 6.42 Å². The number of benzene rings is 3. The maximum absolute atomic E-state index is 2.34. The van der Waals surface area contributed by atoms with Gasteiger partial charge in [-0.15, -0.1) is 0 Å². The molecule has 0 saturated carbocycles. The molecule has 0 spiro atoms. The number of nitrogens with zero attached hydrogens (tertiary/aromatic N) is 1. The molecule has 2 aromatic heterocycles. The van der Waals surface area contributed by atoms with E-state index < -0.39 is 0 Å². The molecule has 0 radical (unpaired) electrons. The van der Waals surface area contributed by atoms with Gasteiger partial charge in [-0.25, -0.2) is 0 Å². The molecule has 5 aromatic rings. The van der Waals surface area contributed by atoms with Crippen LogP contribution in [0.4, 0.5) is 0 Å². The Hall–Kier alpha value is -3.06. The summed E-state index contributed by atoms with van der Waals surface area (Å²) in [5.41, 5.74) is 7.14. The summed E-state index contributed by atoms with van der Waals surface area (Å²) in [5.74, 6) is 0. The first kappa shape index (κ1) is 14.1. The first-order chi connectivity index (χ1) is 12.9. The Morgan fingerprint density at radius 1 is 0.654 bits per heavy atom. The van der Waals surface area contributed by atoms with Crippen molar-refractivity contribution in [1.29, 1.82) is 0 Å². The molecule has 1 aliphatic carbocycles. The highest BCUT2D eigenvalue weighted by Gasteiger charge is 2.20. The van der Waals surface area contributed by atoms with E-state index in [1.807, 2.05) is 0 Å². The van der Waals surface area contributed by atoms with Crippen molar-refractivity contribution in [3.05, 3.63) is 95.3 Å². The fraction of sp³-hybridized carbons (Fsp3) is 0.120. The second-order valence-electron chi connectivity index (χ2n) is 7.31. The number of para-hydroxylation sites is 1. The van der Waals surface area contributed by atoms with Gasteiger partial charge in [0.1, 0.15) is 0 Å². The van der Waals surface area contributed by atoms with E-state index in [1.54, 1.807) is 0 Å². The molecule has 0 saturated heterocycles. The van der Waals surface area contributed by atoms with Gasteiger partial charge in [-0.3, -0.25) is 0 Å². The van der Waals surface area contributed by atoms with Crippen molar-refractivity contribution in [2.45, 2.75) is 19.3 Å². The minimum absolute atomic E-state index is 1.15. The number of fused-ring (bicyclic) bond motifs is 6. The quantitative estimate of drug-likeness (QED) is 0.352. The van der Waals surface area contributed by atoms with Crippen LogP contribution in [0.5, 0.6) is 0 Å². The zero-order valence-electron chi connectivity index (χ0n) is 14.6. The van der Waals surface area contributed by atoms with Gasteiger partial charge in [0.15, 0.2) is 0 Å². The molecule has 0 bridgehead atoms. The molecule has 1 nitrogen and oxygen atoms in total. The van der Waals surface area contributed by atoms with Gasteiger partial charge in [0.2, 0.25) is 0 Å². The van der Waals surface area contributed by atoms with E-state index in [2.05, 4.69) is 83.4 Å². The Labute approximate surface area is 152 Å². The number of hydrogen-bond acceptors (Lipinski definition) is 0. The van der Waals surface area contributed by atoms with Crippen molar-refractivity contribution < 1.29 is 0 Å². The van der Waals surface area contributed by atoms with E-state index >= 15 is 0 Å². The van der Waals surface area contributed by atoms with Crippen LogP contribution < -0.4 is 5.22 Å². The largest absolute Gasteiger partial charge is 0.316 e. The molecule has 2 heterocycles. The molecule has 0 atom stereocenters. The molecule has 1 heteroatoms. The lowest BCUT2D eigenvalue weighted by Gasteiger charge is -2.21. The zero-order valence-corrected chi connectivity index (χ0v) is 14.6. The zero-order chi connectivity index (χ0) is 17.1. The number of rotatable bonds is 0. The summed E-state index contributed by atoms with van der Waals surface area (Å²) < 4.78 is 2.34. The van der Waals surface area contributed by atoms with E-state index in [1.165, 1.54) is 62.0 Å². The van der Waals surface area contributed by atoms with Crippen LogP contribution in [-0.2, 0) is 6.42 Å². The summed E-state index contributed by atoms with van der Waals surface area (Å²) in [4.78, 5) is 0. The highest BCUT2D eigenvalue weighted by molar-refractivity contribution is 6.00. The summed E-state index contributed by atoms with van der Waals surface area (Å²) in [6, 6.07) is 26.7. The Morgan fingerprint density at radius 2 is 1.46 bits per heavy atom. The van der Waals surface area contributed by atoms with Crippen LogP contribution in [-0.4, -0.2) is 4.40 Å². The van der Waals surface area contributed by atoms with Gasteiger partial charge in [-0.2, -0.15) is 0 Å². The minimum Gasteiger partial charge on any atom is -0.316 e. The molecule has 26 heavy (non-hydrogen) atoms. The molecular formula is C25H19N. The Kier molecular flexibility index (Phi) is 2.84. The fourth-order valence-corrected chi connectivity index (χ4v) is 4.86. The van der Waals surface area contributed by atoms with Crippen LogP contribution in [0.2, 0.25) is 0 Å². The molecular weight excluding hydrogens is 314 g/mol. The average Bonchev–Trinajstić information content (AvgIpc) is 3.28. The van der Waals surface area contributed by atoms with E-state index in [4.69, 9.17) is 0 Å². The lowest BCUT2D eigenvalue weighted by molar-refractivity contribution is 0.823. The second-order valence-corrected chi connectivity index (χ2v) is 7.31. The average molecular weight is 333 g/mol. The van der Waals surface area contributed by atoms with Crippen LogP contribution in [0.1, 0.15) is 24.0 Å². The third-order valence-electron chi connectivity index (χ3n) is 5.93. The Bertz CT molecular complexity index is 1350. The van der Waals surface area contributed by atoms with Crippen molar-refractivity contribution in [3.8, 4) is 0 Å². The topological polar surface area (TPSA) is 4.41 Å². The SMILES string of the molecule is c1ccc2c3c(ccc2c1)CCC/C3=c1\c2ccccc2n2cccc12. The number of hydrogen-bond donors (Lipinski definition) is 0. The van der Waals surface area contributed by atoms with E-state index in [-0.39, 0.29) is 0 Å². The number of aryl methyl sites for hydroxylation is 1. The van der Waals surface area contributed by atoms with Gasteiger partial charge in [-0.1, -0.05) is 54.6 Å². The Balaban J connectivity index is 1.89. The summed E-state index contributed by atoms with van der Waals surface area (Å²) in [7, 11) is 0. The minimum atomic E-state index is 1.15. The summed E-state index contributed by atoms with van der Waals surface area (Å²) in [6.07, 6.45) is 5.75. The monoisotopic (exact) mass is 333 g/mol. The Morgan fingerprint density at radius 3 is 2.42 bits per heavy atom. The standard InChI is InChI=1S/C25H19N/c1-2-9-19-17(7-1)14-15-18-8-5-11-21(24(18)19)25-20-10-3-4-12-22(20)26-16-6-13-23(25)26/h1-4,6-7,9-10,12-16H,5,8,11H2/b25-21-. The predicted molar refractivity (Wildman–Crippen MR) is 110 cm³/mol. The summed E-state index contributed by atoms with van der Waals surface area (Å²) >= 11 is 0. The lowest BCUT2D eigenvalue weighted by Crippen LogP contribution is -2.13. The van der Waals surface area contributed by atoms with Crippen molar-refractivity contribution in [3.63, 3.8) is 0 Å². The van der Waals surface area contributed by atoms with Crippen LogP contribution in [0, 0.1) is 0 Å². The van der Waals surface area contributed by atoms with Gasteiger partial charge in [0, 0.05) is 16.8 Å². The van der Waals surface area contributed by atoms with Gasteiger partial charge in [0.25, 0.3) is 0 Å². The van der Waals surface area contributed by atoms with Gasteiger partial charge >= 0.3 is 0 Å². The number of aromatic nitrogens is 1. The first-order valence-electron chi connectivity index (χ1n) is 9.43. The van der Waals surface area contributed by atoms with Crippen LogP contribution >= 0.6 is 0 Å². The van der Waals surface area contributed by atoms with Crippen molar-refractivity contribution in [2.75, 3.05) is 0 Å². The van der Waals surface area contributed by atoms with Gasteiger partial charge < -0.3 is 4.40 Å². The first-order valence-corrected chi connectivity index (χ1v) is 9.43. The molecule has 0 unspecified atom stereocenters. The maximum Gasteiger partial charge on any atom is 0.0538 e. The van der Waals surface area contributed by atoms with Gasteiger partial charge in [-0.05, 0) is 64.9 Å². The molecule has 0 N–H and O–H groups in total. The highest BCUT2D eigenvalue weighted by Crippen LogP contribution is 2.36. The van der Waals surface area contributed by atoms with E-state index in [0.29, 0.717) is 0 Å². The molecule has 0 amide bonds. The van der Waals surface area contributed by atoms with Crippen LogP contribution in [0.15, 0.2) is 79.0 Å². The molecule has 6 rings (SSSR count). The van der Waals surface area contributed by atoms with Crippen molar-refractivity contribution in [2.24, 2.45) is 0 Å². The third kappa shape index (κ3) is 1.80. The van der Waals surface area contributed by atoms with Crippen LogP contribution in [0.3, 0.4) is 0 Å². The lowest BCUT2D eigenvalue weighted by atomic mass is 9.83. The molecule has 0 fully saturated rings. The maximum atomic E-state index is 2.34.